The molecule has 2 rings (SSSR count). The molecule has 1 aliphatic heterocycles. The molecule has 0 spiro atoms. The van der Waals surface area contributed by atoms with Crippen molar-refractivity contribution in [1.82, 2.24) is 4.31 Å². The highest BCUT2D eigenvalue weighted by Crippen LogP contribution is 2.28. The highest BCUT2D eigenvalue weighted by molar-refractivity contribution is 7.89. The summed E-state index contributed by atoms with van der Waals surface area (Å²) in [5.74, 6) is -0.941. The summed E-state index contributed by atoms with van der Waals surface area (Å²) in [6.07, 6.45) is 1.33. The van der Waals surface area contributed by atoms with E-state index in [-0.39, 0.29) is 22.3 Å². The first-order valence-corrected chi connectivity index (χ1v) is 8.20. The molecule has 0 aliphatic carbocycles. The second-order valence-electron chi connectivity index (χ2n) is 4.48. The monoisotopic (exact) mass is 305 g/mol. The van der Waals surface area contributed by atoms with E-state index in [2.05, 4.69) is 0 Å². The van der Waals surface area contributed by atoms with Crippen LogP contribution < -0.4 is 0 Å². The number of nitrogens with zero attached hydrogens (tertiary/aromatic N) is 1. The highest BCUT2D eigenvalue weighted by atomic mass is 32.2. The van der Waals surface area contributed by atoms with Crippen LogP contribution in [0.2, 0.25) is 0 Å². The summed E-state index contributed by atoms with van der Waals surface area (Å²) in [5, 5.41) is 19.0. The molecule has 0 amide bonds. The smallest absolute Gasteiger partial charge is 0.345 e. The minimum Gasteiger partial charge on any atom is -0.477 e. The summed E-state index contributed by atoms with van der Waals surface area (Å²) < 4.78 is 26.0. The number of aliphatic hydroxyl groups excluding tert-OH is 1. The fourth-order valence-electron chi connectivity index (χ4n) is 2.15. The molecule has 2 heterocycles. The van der Waals surface area contributed by atoms with Gasteiger partial charge in [-0.25, -0.2) is 13.2 Å². The van der Waals surface area contributed by atoms with Gasteiger partial charge in [0.05, 0.1) is 4.90 Å². The van der Waals surface area contributed by atoms with Crippen molar-refractivity contribution in [3.8, 4) is 0 Å². The van der Waals surface area contributed by atoms with Crippen LogP contribution in [0.15, 0.2) is 16.3 Å². The molecule has 19 heavy (non-hydrogen) atoms. The third kappa shape index (κ3) is 2.97. The summed E-state index contributed by atoms with van der Waals surface area (Å²) >= 11 is 0.909. The first-order valence-electron chi connectivity index (χ1n) is 5.88. The third-order valence-electron chi connectivity index (χ3n) is 3.21. The van der Waals surface area contributed by atoms with Crippen LogP contribution in [0.3, 0.4) is 0 Å². The number of sulfonamides is 1. The Morgan fingerprint density at radius 1 is 1.53 bits per heavy atom. The molecule has 1 aromatic heterocycles. The lowest BCUT2D eigenvalue weighted by molar-refractivity contribution is 0.0702. The maximum atomic E-state index is 12.3. The van der Waals surface area contributed by atoms with Crippen molar-refractivity contribution in [2.24, 2.45) is 5.92 Å². The predicted molar refractivity (Wildman–Crippen MR) is 69.8 cm³/mol. The van der Waals surface area contributed by atoms with Crippen molar-refractivity contribution in [3.05, 3.63) is 16.3 Å². The van der Waals surface area contributed by atoms with Crippen LogP contribution >= 0.6 is 11.3 Å². The Hall–Kier alpha value is -0.960. The Labute approximate surface area is 115 Å². The summed E-state index contributed by atoms with van der Waals surface area (Å²) in [5.41, 5.74) is 0. The van der Waals surface area contributed by atoms with Crippen molar-refractivity contribution in [1.29, 1.82) is 0 Å². The van der Waals surface area contributed by atoms with Gasteiger partial charge in [0.2, 0.25) is 10.0 Å². The number of aliphatic hydroxyl groups is 1. The lowest BCUT2D eigenvalue weighted by Gasteiger charge is -2.15. The van der Waals surface area contributed by atoms with Gasteiger partial charge in [0, 0.05) is 25.1 Å². The minimum atomic E-state index is -3.60. The van der Waals surface area contributed by atoms with Gasteiger partial charge in [-0.05, 0) is 24.8 Å². The van der Waals surface area contributed by atoms with Crippen LogP contribution in [-0.2, 0) is 10.0 Å². The van der Waals surface area contributed by atoms with Gasteiger partial charge < -0.3 is 10.2 Å². The predicted octanol–water partition coefficient (Wildman–Crippen LogP) is 0.839. The Kier molecular flexibility index (Phi) is 4.24. The van der Waals surface area contributed by atoms with Crippen LogP contribution in [0.4, 0.5) is 0 Å². The molecule has 0 radical (unpaired) electrons. The fourth-order valence-corrected chi connectivity index (χ4v) is 4.78. The van der Waals surface area contributed by atoms with Crippen molar-refractivity contribution in [2.75, 3.05) is 19.7 Å². The lowest BCUT2D eigenvalue weighted by atomic mass is 10.1. The molecule has 1 atom stereocenters. The molecule has 1 aliphatic rings. The number of hydrogen-bond acceptors (Lipinski definition) is 5. The molecule has 1 fully saturated rings. The fraction of sp³-hybridized carbons (Fsp3) is 0.545. The summed E-state index contributed by atoms with van der Waals surface area (Å²) in [7, 11) is -3.60. The molecule has 1 aromatic rings. The second kappa shape index (κ2) is 5.58. The van der Waals surface area contributed by atoms with Crippen LogP contribution in [0, 0.1) is 5.92 Å². The van der Waals surface area contributed by atoms with Crippen LogP contribution in [0.1, 0.15) is 22.5 Å². The van der Waals surface area contributed by atoms with E-state index in [4.69, 9.17) is 10.2 Å². The third-order valence-corrected chi connectivity index (χ3v) is 6.12. The van der Waals surface area contributed by atoms with Crippen LogP contribution in [-0.4, -0.2) is 48.6 Å². The van der Waals surface area contributed by atoms with Gasteiger partial charge >= 0.3 is 5.97 Å². The average Bonchev–Trinajstić information content (AvgIpc) is 2.98. The second-order valence-corrected chi connectivity index (χ2v) is 7.33. The normalized spacial score (nSPS) is 20.8. The first kappa shape index (κ1) is 14.4. The number of carboxylic acids is 1. The van der Waals surface area contributed by atoms with E-state index >= 15 is 0 Å². The van der Waals surface area contributed by atoms with E-state index in [0.717, 1.165) is 17.8 Å². The Morgan fingerprint density at radius 2 is 2.26 bits per heavy atom. The molecule has 6 nitrogen and oxygen atoms in total. The van der Waals surface area contributed by atoms with Gasteiger partial charge in [-0.2, -0.15) is 4.31 Å². The van der Waals surface area contributed by atoms with Gasteiger partial charge in [-0.1, -0.05) is 0 Å². The largest absolute Gasteiger partial charge is 0.477 e. The van der Waals surface area contributed by atoms with E-state index in [1.54, 1.807) is 0 Å². The SMILES string of the molecule is O=C(O)c1cc(S(=O)(=O)N2CCC(CCO)C2)cs1. The zero-order chi connectivity index (χ0) is 14.0. The van der Waals surface area contributed by atoms with E-state index < -0.39 is 16.0 Å². The number of hydrogen-bond donors (Lipinski definition) is 2. The molecular weight excluding hydrogens is 290 g/mol. The minimum absolute atomic E-state index is 0.0182. The molecule has 8 heteroatoms. The standard InChI is InChI=1S/C11H15NO5S2/c13-4-2-8-1-3-12(6-8)19(16,17)9-5-10(11(14)15)18-7-9/h5,7-8,13H,1-4,6H2,(H,14,15). The molecule has 2 N–H and O–H groups in total. The number of carboxylic acid groups (broad SMARTS) is 1. The first-order chi connectivity index (χ1) is 8.95. The van der Waals surface area contributed by atoms with E-state index in [1.807, 2.05) is 0 Å². The van der Waals surface area contributed by atoms with Crippen molar-refractivity contribution < 1.29 is 23.4 Å². The van der Waals surface area contributed by atoms with Crippen molar-refractivity contribution in [2.45, 2.75) is 17.7 Å². The zero-order valence-electron chi connectivity index (χ0n) is 10.2. The maximum Gasteiger partial charge on any atom is 0.345 e. The van der Waals surface area contributed by atoms with Gasteiger partial charge in [0.25, 0.3) is 0 Å². The van der Waals surface area contributed by atoms with Gasteiger partial charge in [-0.15, -0.1) is 11.3 Å². The molecule has 0 saturated carbocycles. The number of carbonyl (C=O) groups is 1. The van der Waals surface area contributed by atoms with E-state index in [9.17, 15) is 13.2 Å². The van der Waals surface area contributed by atoms with Crippen LogP contribution in [0.5, 0.6) is 0 Å². The van der Waals surface area contributed by atoms with Crippen molar-refractivity contribution >= 4 is 27.3 Å². The Morgan fingerprint density at radius 3 is 2.84 bits per heavy atom. The molecule has 0 aromatic carbocycles. The summed E-state index contributed by atoms with van der Waals surface area (Å²) in [6.45, 7) is 0.868. The molecule has 106 valence electrons. The van der Waals surface area contributed by atoms with E-state index in [1.165, 1.54) is 15.8 Å². The van der Waals surface area contributed by atoms with Gasteiger partial charge in [0.1, 0.15) is 4.88 Å². The summed E-state index contributed by atoms with van der Waals surface area (Å²) in [4.78, 5) is 10.8. The lowest BCUT2D eigenvalue weighted by Crippen LogP contribution is -2.28. The molecular formula is C11H15NO5S2. The summed E-state index contributed by atoms with van der Waals surface area (Å²) in [6, 6.07) is 1.20. The zero-order valence-corrected chi connectivity index (χ0v) is 11.8. The molecule has 1 unspecified atom stereocenters. The number of rotatable bonds is 5. The average molecular weight is 305 g/mol. The van der Waals surface area contributed by atoms with Gasteiger partial charge in [-0.3, -0.25) is 0 Å². The van der Waals surface area contributed by atoms with Crippen LogP contribution in [0.25, 0.3) is 0 Å². The quantitative estimate of drug-likeness (QED) is 0.840. The van der Waals surface area contributed by atoms with E-state index in [0.29, 0.717) is 19.5 Å². The highest BCUT2D eigenvalue weighted by Gasteiger charge is 2.33. The Balaban J connectivity index is 2.16. The molecule has 0 bridgehead atoms. The maximum absolute atomic E-state index is 12.3. The molecule has 1 saturated heterocycles. The van der Waals surface area contributed by atoms with Crippen molar-refractivity contribution in [3.63, 3.8) is 0 Å². The topological polar surface area (TPSA) is 94.9 Å². The Bertz CT molecular complexity index is 565. The number of thiophene rings is 1. The van der Waals surface area contributed by atoms with Gasteiger partial charge in [0.15, 0.2) is 0 Å². The number of aromatic carboxylic acids is 1.